The van der Waals surface area contributed by atoms with Gasteiger partial charge in [0.1, 0.15) is 5.69 Å². The van der Waals surface area contributed by atoms with Crippen molar-refractivity contribution in [3.8, 4) is 0 Å². The maximum atomic E-state index is 12.7. The van der Waals surface area contributed by atoms with E-state index >= 15 is 0 Å². The molecule has 0 radical (unpaired) electrons. The number of hydrogen-bond acceptors (Lipinski definition) is 2. The van der Waals surface area contributed by atoms with Crippen LogP contribution < -0.4 is 0 Å². The SMILES string of the molecule is CCn1ncc(Cl)c1C(=O)C1CCC(C(C)(C)C)CC1. The molecule has 0 unspecified atom stereocenters. The Morgan fingerprint density at radius 2 is 1.95 bits per heavy atom. The molecular weight excluding hydrogens is 272 g/mol. The molecular formula is C16H25ClN2O. The van der Waals surface area contributed by atoms with Crippen molar-refractivity contribution in [3.63, 3.8) is 0 Å². The predicted molar refractivity (Wildman–Crippen MR) is 82.1 cm³/mol. The number of ketones is 1. The first kappa shape index (κ1) is 15.6. The summed E-state index contributed by atoms with van der Waals surface area (Å²) >= 11 is 6.13. The lowest BCUT2D eigenvalue weighted by Crippen LogP contribution is -2.29. The lowest BCUT2D eigenvalue weighted by Gasteiger charge is -2.36. The zero-order valence-corrected chi connectivity index (χ0v) is 13.7. The average molecular weight is 297 g/mol. The number of aryl methyl sites for hydroxylation is 1. The normalized spacial score (nSPS) is 23.9. The molecule has 1 heterocycles. The summed E-state index contributed by atoms with van der Waals surface area (Å²) in [5.74, 6) is 1.02. The van der Waals surface area contributed by atoms with Crippen LogP contribution in [-0.2, 0) is 6.54 Å². The Balaban J connectivity index is 2.07. The van der Waals surface area contributed by atoms with E-state index in [0.717, 1.165) is 31.6 Å². The van der Waals surface area contributed by atoms with Gasteiger partial charge in [0.25, 0.3) is 0 Å². The smallest absolute Gasteiger partial charge is 0.185 e. The zero-order valence-electron chi connectivity index (χ0n) is 12.9. The van der Waals surface area contributed by atoms with Gasteiger partial charge in [-0.2, -0.15) is 5.10 Å². The summed E-state index contributed by atoms with van der Waals surface area (Å²) in [6.45, 7) is 9.55. The van der Waals surface area contributed by atoms with Crippen LogP contribution in [0.25, 0.3) is 0 Å². The topological polar surface area (TPSA) is 34.9 Å². The molecule has 0 N–H and O–H groups in total. The molecule has 1 fully saturated rings. The number of hydrogen-bond donors (Lipinski definition) is 0. The molecule has 0 spiro atoms. The second-order valence-electron chi connectivity index (χ2n) is 6.94. The minimum atomic E-state index is 0.119. The summed E-state index contributed by atoms with van der Waals surface area (Å²) in [4.78, 5) is 12.7. The Labute approximate surface area is 126 Å². The van der Waals surface area contributed by atoms with Crippen molar-refractivity contribution in [2.24, 2.45) is 17.3 Å². The number of halogens is 1. The highest BCUT2D eigenvalue weighted by Crippen LogP contribution is 2.41. The second-order valence-corrected chi connectivity index (χ2v) is 7.34. The molecule has 20 heavy (non-hydrogen) atoms. The van der Waals surface area contributed by atoms with Crippen LogP contribution in [0.5, 0.6) is 0 Å². The molecule has 4 heteroatoms. The lowest BCUT2D eigenvalue weighted by molar-refractivity contribution is 0.0809. The van der Waals surface area contributed by atoms with Crippen LogP contribution >= 0.6 is 11.6 Å². The molecule has 0 amide bonds. The molecule has 1 aliphatic rings. The first-order valence-electron chi connectivity index (χ1n) is 7.60. The Morgan fingerprint density at radius 1 is 1.35 bits per heavy atom. The van der Waals surface area contributed by atoms with Crippen molar-refractivity contribution in [3.05, 3.63) is 16.9 Å². The molecule has 1 saturated carbocycles. The minimum Gasteiger partial charge on any atom is -0.292 e. The fraction of sp³-hybridized carbons (Fsp3) is 0.750. The van der Waals surface area contributed by atoms with Gasteiger partial charge >= 0.3 is 0 Å². The van der Waals surface area contributed by atoms with E-state index in [2.05, 4.69) is 25.9 Å². The molecule has 1 aromatic heterocycles. The van der Waals surface area contributed by atoms with E-state index in [9.17, 15) is 4.79 Å². The van der Waals surface area contributed by atoms with Crippen LogP contribution in [0.15, 0.2) is 6.20 Å². The van der Waals surface area contributed by atoms with Crippen molar-refractivity contribution in [2.75, 3.05) is 0 Å². The van der Waals surface area contributed by atoms with E-state index in [1.54, 1.807) is 10.9 Å². The van der Waals surface area contributed by atoms with Crippen molar-refractivity contribution in [2.45, 2.75) is 59.9 Å². The Morgan fingerprint density at radius 3 is 2.45 bits per heavy atom. The van der Waals surface area contributed by atoms with Crippen LogP contribution in [0.1, 0.15) is 63.9 Å². The Kier molecular flexibility index (Phi) is 4.58. The lowest BCUT2D eigenvalue weighted by atomic mass is 9.69. The highest BCUT2D eigenvalue weighted by Gasteiger charge is 2.34. The number of aromatic nitrogens is 2. The fourth-order valence-electron chi connectivity index (χ4n) is 3.26. The first-order valence-corrected chi connectivity index (χ1v) is 7.98. The first-order chi connectivity index (χ1) is 9.34. The van der Waals surface area contributed by atoms with E-state index in [1.807, 2.05) is 6.92 Å². The third kappa shape index (κ3) is 3.08. The maximum Gasteiger partial charge on any atom is 0.185 e. The van der Waals surface area contributed by atoms with E-state index in [-0.39, 0.29) is 11.7 Å². The minimum absolute atomic E-state index is 0.119. The summed E-state index contributed by atoms with van der Waals surface area (Å²) in [5.41, 5.74) is 0.949. The monoisotopic (exact) mass is 296 g/mol. The number of nitrogens with zero attached hydrogens (tertiary/aromatic N) is 2. The molecule has 1 aliphatic carbocycles. The van der Waals surface area contributed by atoms with Gasteiger partial charge in [0.15, 0.2) is 5.78 Å². The molecule has 0 bridgehead atoms. The standard InChI is InChI=1S/C16H25ClN2O/c1-5-19-14(13(17)10-18-19)15(20)11-6-8-12(9-7-11)16(2,3)4/h10-12H,5-9H2,1-4H3. The van der Waals surface area contributed by atoms with Crippen molar-refractivity contribution < 1.29 is 4.79 Å². The second kappa shape index (κ2) is 5.88. The van der Waals surface area contributed by atoms with Gasteiger partial charge in [-0.15, -0.1) is 0 Å². The molecule has 0 atom stereocenters. The van der Waals surface area contributed by atoms with Gasteiger partial charge in [-0.05, 0) is 43.9 Å². The van der Waals surface area contributed by atoms with Crippen LogP contribution in [0.2, 0.25) is 5.02 Å². The van der Waals surface area contributed by atoms with Crippen LogP contribution in [-0.4, -0.2) is 15.6 Å². The molecule has 1 aromatic rings. The molecule has 3 nitrogen and oxygen atoms in total. The van der Waals surface area contributed by atoms with E-state index in [1.165, 1.54) is 0 Å². The molecule has 0 aromatic carbocycles. The molecule has 0 aliphatic heterocycles. The molecule has 2 rings (SSSR count). The van der Waals surface area contributed by atoms with Crippen LogP contribution in [0.4, 0.5) is 0 Å². The average Bonchev–Trinajstić information content (AvgIpc) is 2.78. The van der Waals surface area contributed by atoms with Crippen LogP contribution in [0, 0.1) is 17.3 Å². The van der Waals surface area contributed by atoms with Gasteiger partial charge in [-0.3, -0.25) is 9.48 Å². The van der Waals surface area contributed by atoms with Gasteiger partial charge in [0.2, 0.25) is 0 Å². The molecule has 112 valence electrons. The number of carbonyl (C=O) groups excluding carboxylic acids is 1. The van der Waals surface area contributed by atoms with Gasteiger partial charge in [-0.1, -0.05) is 32.4 Å². The summed E-state index contributed by atoms with van der Waals surface area (Å²) in [5, 5.41) is 4.66. The summed E-state index contributed by atoms with van der Waals surface area (Å²) < 4.78 is 1.72. The van der Waals surface area contributed by atoms with E-state index < -0.39 is 0 Å². The fourth-order valence-corrected chi connectivity index (χ4v) is 3.50. The van der Waals surface area contributed by atoms with Crippen molar-refractivity contribution in [1.29, 1.82) is 0 Å². The van der Waals surface area contributed by atoms with Crippen LogP contribution in [0.3, 0.4) is 0 Å². The predicted octanol–water partition coefficient (Wildman–Crippen LogP) is 4.59. The summed E-state index contributed by atoms with van der Waals surface area (Å²) in [6.07, 6.45) is 5.81. The quantitative estimate of drug-likeness (QED) is 0.765. The summed E-state index contributed by atoms with van der Waals surface area (Å²) in [6, 6.07) is 0. The van der Waals surface area contributed by atoms with Gasteiger partial charge < -0.3 is 0 Å². The third-order valence-corrected chi connectivity index (χ3v) is 4.93. The summed E-state index contributed by atoms with van der Waals surface area (Å²) in [7, 11) is 0. The largest absolute Gasteiger partial charge is 0.292 e. The van der Waals surface area contributed by atoms with Gasteiger partial charge in [-0.25, -0.2) is 0 Å². The number of carbonyl (C=O) groups is 1. The van der Waals surface area contributed by atoms with E-state index in [0.29, 0.717) is 22.7 Å². The number of Topliss-reactive ketones (excluding diaryl/α,β-unsaturated/α-hetero) is 1. The van der Waals surface area contributed by atoms with Crippen molar-refractivity contribution >= 4 is 17.4 Å². The van der Waals surface area contributed by atoms with E-state index in [4.69, 9.17) is 11.6 Å². The molecule has 0 saturated heterocycles. The highest BCUT2D eigenvalue weighted by molar-refractivity contribution is 6.33. The highest BCUT2D eigenvalue weighted by atomic mass is 35.5. The number of rotatable bonds is 3. The van der Waals surface area contributed by atoms with Gasteiger partial charge in [0, 0.05) is 12.5 Å². The van der Waals surface area contributed by atoms with Gasteiger partial charge in [0.05, 0.1) is 11.2 Å². The Hall–Kier alpha value is -0.830. The van der Waals surface area contributed by atoms with Crippen molar-refractivity contribution in [1.82, 2.24) is 9.78 Å². The third-order valence-electron chi connectivity index (χ3n) is 4.65. The Bertz CT molecular complexity index is 479. The zero-order chi connectivity index (χ0) is 14.9. The maximum absolute atomic E-state index is 12.7.